The Morgan fingerprint density at radius 1 is 0.446 bits per heavy atom. The van der Waals surface area contributed by atoms with Gasteiger partial charge in [-0.3, -0.25) is 4.79 Å². The van der Waals surface area contributed by atoms with Crippen LogP contribution in [-0.2, 0) is 23.7 Å². The molecule has 2 rings (SSSR count). The number of carbonyl (C=O) groups excluding carboxylic acids is 1. The van der Waals surface area contributed by atoms with E-state index in [0.29, 0.717) is 6.42 Å². The summed E-state index contributed by atoms with van der Waals surface area (Å²) in [5.41, 5.74) is 0. The van der Waals surface area contributed by atoms with E-state index in [9.17, 15) is 45.6 Å². The van der Waals surface area contributed by atoms with Crippen molar-refractivity contribution in [1.82, 2.24) is 5.32 Å². The van der Waals surface area contributed by atoms with Crippen LogP contribution in [0.25, 0.3) is 0 Å². The Kier molecular flexibility index (Phi) is 48.7. The van der Waals surface area contributed by atoms with E-state index in [1.165, 1.54) is 122 Å². The summed E-state index contributed by atoms with van der Waals surface area (Å²) >= 11 is 0. The number of amides is 1. The molecule has 0 aromatic rings. The van der Waals surface area contributed by atoms with Crippen LogP contribution in [0.5, 0.6) is 0 Å². The Labute approximate surface area is 503 Å². The summed E-state index contributed by atoms with van der Waals surface area (Å²) in [7, 11) is 0. The van der Waals surface area contributed by atoms with Gasteiger partial charge in [0.1, 0.15) is 48.8 Å². The number of carbonyl (C=O) groups is 1. The zero-order chi connectivity index (χ0) is 60.2. The maximum Gasteiger partial charge on any atom is 0.220 e. The molecule has 0 bridgehead atoms. The third-order valence-electron chi connectivity index (χ3n) is 15.5. The Hall–Kier alpha value is -3.09. The van der Waals surface area contributed by atoms with Gasteiger partial charge in [-0.05, 0) is 77.0 Å². The van der Waals surface area contributed by atoms with Gasteiger partial charge in [0.25, 0.3) is 0 Å². The molecule has 2 heterocycles. The average Bonchev–Trinajstić information content (AvgIpc) is 3.64. The number of allylic oxidation sites excluding steroid dienone is 15. The molecular formula is C69H119NO13. The van der Waals surface area contributed by atoms with E-state index in [0.717, 1.165) is 89.9 Å². The van der Waals surface area contributed by atoms with E-state index in [1.54, 1.807) is 6.08 Å². The topological polar surface area (TPSA) is 228 Å². The number of hydrogen-bond acceptors (Lipinski definition) is 13. The van der Waals surface area contributed by atoms with Gasteiger partial charge in [-0.25, -0.2) is 0 Å². The molecule has 2 aliphatic rings. The van der Waals surface area contributed by atoms with Crippen LogP contribution in [-0.4, -0.2) is 140 Å². The molecule has 12 unspecified atom stereocenters. The molecule has 14 nitrogen and oxygen atoms in total. The zero-order valence-corrected chi connectivity index (χ0v) is 51.7. The van der Waals surface area contributed by atoms with Gasteiger partial charge >= 0.3 is 0 Å². The minimum Gasteiger partial charge on any atom is -0.394 e. The van der Waals surface area contributed by atoms with Crippen LogP contribution in [0.15, 0.2) is 97.2 Å². The van der Waals surface area contributed by atoms with Crippen molar-refractivity contribution >= 4 is 5.91 Å². The second-order valence-corrected chi connectivity index (χ2v) is 22.9. The van der Waals surface area contributed by atoms with Crippen molar-refractivity contribution in [2.45, 2.75) is 312 Å². The molecule has 83 heavy (non-hydrogen) atoms. The molecule has 478 valence electrons. The minimum atomic E-state index is -1.79. The number of nitrogens with one attached hydrogen (secondary N) is 1. The van der Waals surface area contributed by atoms with Gasteiger partial charge in [-0.2, -0.15) is 0 Å². The van der Waals surface area contributed by atoms with Crippen molar-refractivity contribution in [2.75, 3.05) is 19.8 Å². The quantitative estimate of drug-likeness (QED) is 0.0204. The Bertz CT molecular complexity index is 1760. The first-order valence-electron chi connectivity index (χ1n) is 33.0. The summed E-state index contributed by atoms with van der Waals surface area (Å²) in [5, 5.41) is 87.3. The highest BCUT2D eigenvalue weighted by Crippen LogP contribution is 2.30. The molecule has 0 spiro atoms. The van der Waals surface area contributed by atoms with E-state index in [1.807, 2.05) is 6.08 Å². The predicted molar refractivity (Wildman–Crippen MR) is 336 cm³/mol. The smallest absolute Gasteiger partial charge is 0.220 e. The fraction of sp³-hybridized carbons (Fsp3) is 0.754. The van der Waals surface area contributed by atoms with Crippen LogP contribution in [0.3, 0.4) is 0 Å². The number of unbranched alkanes of at least 4 members (excludes halogenated alkanes) is 25. The first-order valence-corrected chi connectivity index (χ1v) is 33.0. The highest BCUT2D eigenvalue weighted by molar-refractivity contribution is 5.76. The monoisotopic (exact) mass is 1170 g/mol. The van der Waals surface area contributed by atoms with Crippen molar-refractivity contribution in [1.29, 1.82) is 0 Å². The zero-order valence-electron chi connectivity index (χ0n) is 51.7. The van der Waals surface area contributed by atoms with E-state index < -0.39 is 86.8 Å². The molecule has 0 saturated carbocycles. The SMILES string of the molecule is CC/C=C\C/C=C\C/C=C\C/C=C\C/C=C\C/C=C\C/C=C\CCCCCCCCCCCC(=O)NC(COC1OC(CO)C(OC2OC(CO)C(O)C(O)C2O)C(O)C1O)C(O)/C=C/CCCCCCCCCCCCCCCCCC. The van der Waals surface area contributed by atoms with E-state index in [4.69, 9.17) is 18.9 Å². The lowest BCUT2D eigenvalue weighted by atomic mass is 9.97. The molecule has 12 atom stereocenters. The van der Waals surface area contributed by atoms with E-state index in [-0.39, 0.29) is 18.9 Å². The Morgan fingerprint density at radius 3 is 1.28 bits per heavy atom. The second kappa shape index (κ2) is 53.2. The molecule has 0 radical (unpaired) electrons. The number of aliphatic hydroxyl groups is 8. The first kappa shape index (κ1) is 76.0. The van der Waals surface area contributed by atoms with Crippen LogP contribution in [0.4, 0.5) is 0 Å². The van der Waals surface area contributed by atoms with Crippen LogP contribution in [0, 0.1) is 0 Å². The fourth-order valence-corrected chi connectivity index (χ4v) is 10.3. The molecule has 1 amide bonds. The van der Waals surface area contributed by atoms with Crippen molar-refractivity contribution in [3.63, 3.8) is 0 Å². The van der Waals surface area contributed by atoms with Crippen molar-refractivity contribution in [3.8, 4) is 0 Å². The largest absolute Gasteiger partial charge is 0.394 e. The van der Waals surface area contributed by atoms with Gasteiger partial charge in [0.15, 0.2) is 12.6 Å². The van der Waals surface area contributed by atoms with Crippen LogP contribution in [0.1, 0.15) is 239 Å². The maximum atomic E-state index is 13.3. The standard InChI is InChI=1S/C69H119NO13/c1-3-5-7-9-11-13-15-17-19-21-23-24-25-26-27-28-29-30-31-32-33-34-35-37-39-41-43-45-47-49-51-53-61(74)70-57(58(73)52-50-48-46-44-42-40-38-36-22-20-18-16-14-12-10-8-6-4-2)56-80-68-66(79)64(77)67(60(55-72)82-68)83-69-65(78)63(76)62(75)59(54-71)81-69/h5,7,11,13,17,19,23-24,26-27,29-30,32-33,50,52,57-60,62-69,71-73,75-79H,3-4,6,8-10,12,14-16,18,20-22,25,28,31,34-49,51,53-56H2,1-2H3,(H,70,74)/b7-5-,13-11-,19-17-,24-23-,27-26-,30-29-,33-32-,52-50+. The molecular weight excluding hydrogens is 1050 g/mol. The molecule has 0 aromatic carbocycles. The molecule has 14 heteroatoms. The van der Waals surface area contributed by atoms with Crippen LogP contribution >= 0.6 is 0 Å². The summed E-state index contributed by atoms with van der Waals surface area (Å²) in [6.45, 7) is 2.69. The lowest BCUT2D eigenvalue weighted by Gasteiger charge is -2.46. The molecule has 0 aliphatic carbocycles. The lowest BCUT2D eigenvalue weighted by molar-refractivity contribution is -0.359. The van der Waals surface area contributed by atoms with Crippen LogP contribution < -0.4 is 5.32 Å². The fourth-order valence-electron chi connectivity index (χ4n) is 10.3. The molecule has 2 aliphatic heterocycles. The highest BCUT2D eigenvalue weighted by Gasteiger charge is 2.51. The van der Waals surface area contributed by atoms with Crippen molar-refractivity contribution in [2.24, 2.45) is 0 Å². The predicted octanol–water partition coefficient (Wildman–Crippen LogP) is 12.6. The van der Waals surface area contributed by atoms with Gasteiger partial charge in [0, 0.05) is 6.42 Å². The summed E-state index contributed by atoms with van der Waals surface area (Å²) in [6.07, 6.45) is 57.2. The molecule has 9 N–H and O–H groups in total. The maximum absolute atomic E-state index is 13.3. The van der Waals surface area contributed by atoms with Crippen molar-refractivity contribution in [3.05, 3.63) is 97.2 Å². The van der Waals surface area contributed by atoms with Gasteiger partial charge in [0.2, 0.25) is 5.91 Å². The number of ether oxygens (including phenoxy) is 4. The summed E-state index contributed by atoms with van der Waals surface area (Å²) < 4.78 is 22.8. The summed E-state index contributed by atoms with van der Waals surface area (Å²) in [4.78, 5) is 13.3. The van der Waals surface area contributed by atoms with Crippen molar-refractivity contribution < 1.29 is 64.6 Å². The normalized spacial score (nSPS) is 24.5. The van der Waals surface area contributed by atoms with Gasteiger partial charge in [-0.15, -0.1) is 0 Å². The minimum absolute atomic E-state index is 0.248. The Morgan fingerprint density at radius 2 is 0.831 bits per heavy atom. The molecule has 2 fully saturated rings. The second-order valence-electron chi connectivity index (χ2n) is 22.9. The molecule has 2 saturated heterocycles. The van der Waals surface area contributed by atoms with Gasteiger partial charge in [0.05, 0.1) is 32.0 Å². The lowest BCUT2D eigenvalue weighted by Crippen LogP contribution is -2.65. The number of aliphatic hydroxyl groups excluding tert-OH is 8. The van der Waals surface area contributed by atoms with Gasteiger partial charge < -0.3 is 65.1 Å². The highest BCUT2D eigenvalue weighted by atomic mass is 16.7. The number of rotatable bonds is 52. The van der Waals surface area contributed by atoms with E-state index in [2.05, 4.69) is 104 Å². The first-order chi connectivity index (χ1) is 40.6. The summed E-state index contributed by atoms with van der Waals surface area (Å²) in [6, 6.07) is -0.925. The van der Waals surface area contributed by atoms with Crippen LogP contribution in [0.2, 0.25) is 0 Å². The van der Waals surface area contributed by atoms with Gasteiger partial charge in [-0.1, -0.05) is 252 Å². The average molecular weight is 1170 g/mol. The molecule has 0 aromatic heterocycles. The number of hydrogen-bond donors (Lipinski definition) is 9. The third-order valence-corrected chi connectivity index (χ3v) is 15.5. The van der Waals surface area contributed by atoms with E-state index >= 15 is 0 Å². The third kappa shape index (κ3) is 37.9. The summed E-state index contributed by atoms with van der Waals surface area (Å²) in [5.74, 6) is -0.248. The Balaban J connectivity index is 1.70.